The number of nitrogens with one attached hydrogen (secondary N) is 1. The summed E-state index contributed by atoms with van der Waals surface area (Å²) in [5, 5.41) is 3.84. The molecular weight excluding hydrogens is 282 g/mol. The monoisotopic (exact) mass is 313 g/mol. The van der Waals surface area contributed by atoms with E-state index in [1.807, 2.05) is 0 Å². The van der Waals surface area contributed by atoms with E-state index in [1.165, 1.54) is 51.4 Å². The molecule has 1 N–H and O–H groups in total. The summed E-state index contributed by atoms with van der Waals surface area (Å²) in [6, 6.07) is 9.72. The average molecular weight is 313 g/mol. The maximum absolute atomic E-state index is 6.83. The Morgan fingerprint density at radius 1 is 1.13 bits per heavy atom. The van der Waals surface area contributed by atoms with Crippen LogP contribution in [-0.4, -0.2) is 24.8 Å². The lowest BCUT2D eigenvalue weighted by molar-refractivity contribution is -0.168. The molecule has 3 aliphatic rings. The molecule has 0 spiro atoms. The largest absolute Gasteiger partial charge is 0.372 e. The van der Waals surface area contributed by atoms with Gasteiger partial charge in [0.25, 0.3) is 0 Å². The van der Waals surface area contributed by atoms with Crippen LogP contribution in [0.25, 0.3) is 0 Å². The Bertz CT molecular complexity index is 553. The highest BCUT2D eigenvalue weighted by molar-refractivity contribution is 5.45. The first-order valence-corrected chi connectivity index (χ1v) is 9.78. The summed E-state index contributed by atoms with van der Waals surface area (Å²) >= 11 is 0. The zero-order chi connectivity index (χ0) is 15.8. The molecule has 0 aromatic heterocycles. The van der Waals surface area contributed by atoms with Crippen molar-refractivity contribution in [2.24, 2.45) is 0 Å². The molecule has 126 valence electrons. The average Bonchev–Trinajstić information content (AvgIpc) is 2.59. The van der Waals surface area contributed by atoms with E-state index in [9.17, 15) is 0 Å². The van der Waals surface area contributed by atoms with Crippen molar-refractivity contribution in [3.8, 4) is 0 Å². The topological polar surface area (TPSA) is 21.3 Å². The molecule has 23 heavy (non-hydrogen) atoms. The maximum Gasteiger partial charge on any atom is 0.0934 e. The number of fused-ring (bicyclic) bond motifs is 1. The Hall–Kier alpha value is -0.860. The van der Waals surface area contributed by atoms with Crippen molar-refractivity contribution >= 4 is 0 Å². The van der Waals surface area contributed by atoms with E-state index in [0.717, 1.165) is 19.6 Å². The van der Waals surface area contributed by atoms with Gasteiger partial charge in [-0.05, 0) is 49.8 Å². The quantitative estimate of drug-likeness (QED) is 0.815. The first-order valence-electron chi connectivity index (χ1n) is 9.78. The van der Waals surface area contributed by atoms with Gasteiger partial charge in [-0.2, -0.15) is 0 Å². The van der Waals surface area contributed by atoms with E-state index < -0.39 is 0 Å². The van der Waals surface area contributed by atoms with Crippen molar-refractivity contribution in [3.63, 3.8) is 0 Å². The van der Waals surface area contributed by atoms with E-state index in [-0.39, 0.29) is 11.0 Å². The van der Waals surface area contributed by atoms with Crippen molar-refractivity contribution in [3.05, 3.63) is 35.4 Å². The lowest BCUT2D eigenvalue weighted by Gasteiger charge is -2.63. The first kappa shape index (κ1) is 15.7. The third-order valence-corrected chi connectivity index (χ3v) is 6.78. The van der Waals surface area contributed by atoms with Gasteiger partial charge in [0.1, 0.15) is 0 Å². The summed E-state index contributed by atoms with van der Waals surface area (Å²) < 4.78 is 6.83. The predicted molar refractivity (Wildman–Crippen MR) is 94.9 cm³/mol. The van der Waals surface area contributed by atoms with Crippen LogP contribution in [0.4, 0.5) is 0 Å². The van der Waals surface area contributed by atoms with Crippen molar-refractivity contribution in [2.45, 2.75) is 81.8 Å². The van der Waals surface area contributed by atoms with Crippen LogP contribution < -0.4 is 5.32 Å². The number of benzene rings is 1. The van der Waals surface area contributed by atoms with E-state index in [1.54, 1.807) is 11.1 Å². The minimum atomic E-state index is 0.0472. The Labute approximate surface area is 141 Å². The second kappa shape index (κ2) is 6.22. The van der Waals surface area contributed by atoms with Gasteiger partial charge in [0.2, 0.25) is 0 Å². The smallest absolute Gasteiger partial charge is 0.0934 e. The van der Waals surface area contributed by atoms with Crippen molar-refractivity contribution in [2.75, 3.05) is 13.2 Å². The van der Waals surface area contributed by atoms with Crippen LogP contribution >= 0.6 is 0 Å². The van der Waals surface area contributed by atoms with Gasteiger partial charge in [-0.25, -0.2) is 0 Å². The highest BCUT2D eigenvalue weighted by Gasteiger charge is 2.62. The lowest BCUT2D eigenvalue weighted by Crippen LogP contribution is -2.72. The molecule has 1 unspecified atom stereocenters. The molecule has 3 atom stereocenters. The molecule has 4 rings (SSSR count). The Balaban J connectivity index is 1.73. The highest BCUT2D eigenvalue weighted by Crippen LogP contribution is 2.57. The molecule has 1 aliphatic heterocycles. The predicted octanol–water partition coefficient (Wildman–Crippen LogP) is 4.36. The summed E-state index contributed by atoms with van der Waals surface area (Å²) in [5.74, 6) is 0. The molecule has 0 amide bonds. The van der Waals surface area contributed by atoms with E-state index >= 15 is 0 Å². The second-order valence-electron chi connectivity index (χ2n) is 7.85. The van der Waals surface area contributed by atoms with E-state index in [0.29, 0.717) is 6.04 Å². The fourth-order valence-corrected chi connectivity index (χ4v) is 5.77. The summed E-state index contributed by atoms with van der Waals surface area (Å²) in [5.41, 5.74) is 3.50. The van der Waals surface area contributed by atoms with Crippen LogP contribution in [0.15, 0.2) is 24.3 Å². The second-order valence-corrected chi connectivity index (χ2v) is 7.85. The molecule has 2 aliphatic carbocycles. The summed E-state index contributed by atoms with van der Waals surface area (Å²) in [6.07, 6.45) is 11.4. The fraction of sp³-hybridized carbons (Fsp3) is 0.714. The number of hydrogen-bond donors (Lipinski definition) is 1. The SMILES string of the molecule is CCCCCOC12CCCC[C@@]13CCN[C@@H]2Cc1ccccc13. The van der Waals surface area contributed by atoms with Gasteiger partial charge in [0.15, 0.2) is 0 Å². The van der Waals surface area contributed by atoms with Crippen LogP contribution in [0, 0.1) is 0 Å². The Morgan fingerprint density at radius 2 is 2.00 bits per heavy atom. The molecule has 1 heterocycles. The number of ether oxygens (including phenoxy) is 1. The zero-order valence-electron chi connectivity index (χ0n) is 14.6. The van der Waals surface area contributed by atoms with Crippen LogP contribution in [0.1, 0.15) is 69.4 Å². The first-order chi connectivity index (χ1) is 11.3. The van der Waals surface area contributed by atoms with E-state index in [2.05, 4.69) is 36.5 Å². The third kappa shape index (κ3) is 2.29. The van der Waals surface area contributed by atoms with Gasteiger partial charge in [-0.3, -0.25) is 0 Å². The number of rotatable bonds is 5. The molecule has 1 aromatic carbocycles. The van der Waals surface area contributed by atoms with Gasteiger partial charge in [0.05, 0.1) is 5.60 Å². The summed E-state index contributed by atoms with van der Waals surface area (Å²) in [7, 11) is 0. The number of unbranched alkanes of at least 4 members (excludes halogenated alkanes) is 2. The fourth-order valence-electron chi connectivity index (χ4n) is 5.77. The molecule has 2 bridgehead atoms. The third-order valence-electron chi connectivity index (χ3n) is 6.78. The van der Waals surface area contributed by atoms with Crippen molar-refractivity contribution in [1.82, 2.24) is 5.32 Å². The lowest BCUT2D eigenvalue weighted by atomic mass is 9.50. The molecule has 1 saturated carbocycles. The minimum absolute atomic E-state index is 0.0472. The molecular formula is C21H31NO. The van der Waals surface area contributed by atoms with Gasteiger partial charge in [-0.1, -0.05) is 56.9 Å². The van der Waals surface area contributed by atoms with Gasteiger partial charge in [-0.15, -0.1) is 0 Å². The standard InChI is InChI=1S/C21H31NO/c1-2-3-8-15-23-21-12-7-6-11-20(21)13-14-22-19(21)16-17-9-4-5-10-18(17)20/h4-5,9-10,19,22H,2-3,6-8,11-16H2,1H3/t19-,20+,21?/m1/s1. The summed E-state index contributed by atoms with van der Waals surface area (Å²) in [6.45, 7) is 4.36. The normalized spacial score (nSPS) is 35.4. The highest BCUT2D eigenvalue weighted by atomic mass is 16.5. The molecule has 1 aromatic rings. The summed E-state index contributed by atoms with van der Waals surface area (Å²) in [4.78, 5) is 0. The van der Waals surface area contributed by atoms with Crippen LogP contribution in [0.2, 0.25) is 0 Å². The molecule has 0 radical (unpaired) electrons. The van der Waals surface area contributed by atoms with Crippen molar-refractivity contribution in [1.29, 1.82) is 0 Å². The number of hydrogen-bond acceptors (Lipinski definition) is 2. The Kier molecular flexibility index (Phi) is 4.23. The molecule has 2 fully saturated rings. The molecule has 1 saturated heterocycles. The number of piperidine rings is 1. The van der Waals surface area contributed by atoms with Gasteiger partial charge < -0.3 is 10.1 Å². The zero-order valence-corrected chi connectivity index (χ0v) is 14.6. The minimum Gasteiger partial charge on any atom is -0.372 e. The van der Waals surface area contributed by atoms with E-state index in [4.69, 9.17) is 4.74 Å². The molecule has 2 heteroatoms. The van der Waals surface area contributed by atoms with Crippen LogP contribution in [0.5, 0.6) is 0 Å². The van der Waals surface area contributed by atoms with Crippen molar-refractivity contribution < 1.29 is 4.74 Å². The maximum atomic E-state index is 6.83. The van der Waals surface area contributed by atoms with Crippen LogP contribution in [0.3, 0.4) is 0 Å². The van der Waals surface area contributed by atoms with Crippen LogP contribution in [-0.2, 0) is 16.6 Å². The Morgan fingerprint density at radius 3 is 2.91 bits per heavy atom. The van der Waals surface area contributed by atoms with Gasteiger partial charge in [0, 0.05) is 18.1 Å². The molecule has 2 nitrogen and oxygen atoms in total. The van der Waals surface area contributed by atoms with Gasteiger partial charge >= 0.3 is 0 Å².